The standard InChI is InChI=1S/C20H21NO5/c22-15-11-14(12-4-2-1-3-5-12)18(19(15)23)21-20(24)13-6-7-16-17(10-13)26-9-8-25-16/h1-7,10,14-15,18-19,22-23H,8-9,11H2,(H,21,24)/t14-,15-,18-,19-/m1/s1. The van der Waals surface area contributed by atoms with Crippen molar-refractivity contribution < 1.29 is 24.5 Å². The average molecular weight is 355 g/mol. The number of carbonyl (C=O) groups is 1. The van der Waals surface area contributed by atoms with Gasteiger partial charge in [0.2, 0.25) is 0 Å². The molecule has 4 atom stereocenters. The minimum Gasteiger partial charge on any atom is -0.486 e. The highest BCUT2D eigenvalue weighted by Crippen LogP contribution is 2.36. The van der Waals surface area contributed by atoms with Gasteiger partial charge in [0.05, 0.1) is 12.1 Å². The summed E-state index contributed by atoms with van der Waals surface area (Å²) >= 11 is 0. The lowest BCUT2D eigenvalue weighted by molar-refractivity contribution is 0.0294. The minimum atomic E-state index is -1.01. The Bertz CT molecular complexity index is 794. The van der Waals surface area contributed by atoms with E-state index in [0.717, 1.165) is 5.56 Å². The number of benzene rings is 2. The van der Waals surface area contributed by atoms with E-state index in [1.165, 1.54) is 0 Å². The van der Waals surface area contributed by atoms with Crippen LogP contribution in [-0.2, 0) is 0 Å². The van der Waals surface area contributed by atoms with Crippen molar-refractivity contribution in [3.8, 4) is 11.5 Å². The van der Waals surface area contributed by atoms with Crippen LogP contribution in [0, 0.1) is 0 Å². The molecule has 6 nitrogen and oxygen atoms in total. The third-order valence-electron chi connectivity index (χ3n) is 5.02. The van der Waals surface area contributed by atoms with Crippen molar-refractivity contribution in [2.24, 2.45) is 0 Å². The summed E-state index contributed by atoms with van der Waals surface area (Å²) in [6.07, 6.45) is -1.48. The summed E-state index contributed by atoms with van der Waals surface area (Å²) in [6, 6.07) is 14.1. The van der Waals surface area contributed by atoms with Crippen LogP contribution < -0.4 is 14.8 Å². The largest absolute Gasteiger partial charge is 0.486 e. The first-order chi connectivity index (χ1) is 12.6. The summed E-state index contributed by atoms with van der Waals surface area (Å²) in [4.78, 5) is 12.7. The van der Waals surface area contributed by atoms with Gasteiger partial charge in [-0.25, -0.2) is 0 Å². The molecule has 2 aliphatic rings. The number of amides is 1. The van der Waals surface area contributed by atoms with Crippen molar-refractivity contribution in [2.45, 2.75) is 30.6 Å². The van der Waals surface area contributed by atoms with E-state index in [0.29, 0.717) is 36.7 Å². The van der Waals surface area contributed by atoms with Gasteiger partial charge in [-0.1, -0.05) is 30.3 Å². The Labute approximate surface area is 151 Å². The van der Waals surface area contributed by atoms with Crippen LogP contribution in [0.5, 0.6) is 11.5 Å². The van der Waals surface area contributed by atoms with Gasteiger partial charge in [-0.3, -0.25) is 4.79 Å². The molecule has 26 heavy (non-hydrogen) atoms. The number of aliphatic hydroxyl groups is 2. The van der Waals surface area contributed by atoms with E-state index >= 15 is 0 Å². The quantitative estimate of drug-likeness (QED) is 0.776. The lowest BCUT2D eigenvalue weighted by Gasteiger charge is -2.24. The van der Waals surface area contributed by atoms with Crippen LogP contribution in [0.15, 0.2) is 48.5 Å². The molecule has 0 unspecified atom stereocenters. The first-order valence-corrected chi connectivity index (χ1v) is 8.75. The van der Waals surface area contributed by atoms with Crippen LogP contribution >= 0.6 is 0 Å². The van der Waals surface area contributed by atoms with Crippen molar-refractivity contribution in [1.82, 2.24) is 5.32 Å². The molecule has 2 aromatic rings. The van der Waals surface area contributed by atoms with Crippen LogP contribution in [0.2, 0.25) is 0 Å². The zero-order valence-electron chi connectivity index (χ0n) is 14.2. The summed E-state index contributed by atoms with van der Waals surface area (Å²) in [5.74, 6) is 0.685. The van der Waals surface area contributed by atoms with Crippen molar-refractivity contribution in [1.29, 1.82) is 0 Å². The van der Waals surface area contributed by atoms with Crippen molar-refractivity contribution >= 4 is 5.91 Å². The molecule has 0 aromatic heterocycles. The molecule has 3 N–H and O–H groups in total. The van der Waals surface area contributed by atoms with Gasteiger partial charge in [-0.15, -0.1) is 0 Å². The van der Waals surface area contributed by atoms with Gasteiger partial charge >= 0.3 is 0 Å². The van der Waals surface area contributed by atoms with Crippen LogP contribution in [0.1, 0.15) is 28.3 Å². The minimum absolute atomic E-state index is 0.151. The fourth-order valence-electron chi connectivity index (χ4n) is 3.67. The van der Waals surface area contributed by atoms with Crippen LogP contribution in [-0.4, -0.2) is 47.6 Å². The zero-order valence-corrected chi connectivity index (χ0v) is 14.2. The average Bonchev–Trinajstić information content (AvgIpc) is 2.96. The first-order valence-electron chi connectivity index (χ1n) is 8.75. The molecule has 6 heteroatoms. The second-order valence-electron chi connectivity index (χ2n) is 6.67. The molecule has 0 bridgehead atoms. The molecule has 1 saturated carbocycles. The predicted octanol–water partition coefficient (Wildman–Crippen LogP) is 1.47. The van der Waals surface area contributed by atoms with E-state index in [9.17, 15) is 15.0 Å². The van der Waals surface area contributed by atoms with Crippen LogP contribution in [0.4, 0.5) is 0 Å². The van der Waals surface area contributed by atoms with Gasteiger partial charge in [0, 0.05) is 11.5 Å². The Morgan fingerprint density at radius 3 is 2.50 bits per heavy atom. The van der Waals surface area contributed by atoms with Gasteiger partial charge in [0.15, 0.2) is 11.5 Å². The highest BCUT2D eigenvalue weighted by Gasteiger charge is 2.43. The molecule has 0 radical (unpaired) electrons. The van der Waals surface area contributed by atoms with E-state index in [2.05, 4.69) is 5.32 Å². The number of aliphatic hydroxyl groups excluding tert-OH is 2. The topological polar surface area (TPSA) is 88.0 Å². The van der Waals surface area contributed by atoms with Gasteiger partial charge in [-0.2, -0.15) is 0 Å². The number of hydrogen-bond donors (Lipinski definition) is 3. The molecular weight excluding hydrogens is 334 g/mol. The Kier molecular flexibility index (Phi) is 4.53. The monoisotopic (exact) mass is 355 g/mol. The van der Waals surface area contributed by atoms with E-state index in [-0.39, 0.29) is 11.8 Å². The fraction of sp³-hybridized carbons (Fsp3) is 0.350. The summed E-state index contributed by atoms with van der Waals surface area (Å²) in [7, 11) is 0. The SMILES string of the molecule is O=C(N[C@H]1[C@H](O)[C@H](O)C[C@@H]1c1ccccc1)c1ccc2c(c1)OCCO2. The maximum Gasteiger partial charge on any atom is 0.251 e. The number of rotatable bonds is 3. The summed E-state index contributed by atoms with van der Waals surface area (Å²) in [5, 5.41) is 23.4. The summed E-state index contributed by atoms with van der Waals surface area (Å²) in [6.45, 7) is 0.936. The molecular formula is C20H21NO5. The third-order valence-corrected chi connectivity index (χ3v) is 5.02. The zero-order chi connectivity index (χ0) is 18.1. The molecule has 136 valence electrons. The van der Waals surface area contributed by atoms with E-state index < -0.39 is 18.2 Å². The van der Waals surface area contributed by atoms with Crippen LogP contribution in [0.3, 0.4) is 0 Å². The number of carbonyl (C=O) groups excluding carboxylic acids is 1. The molecule has 4 rings (SSSR count). The third kappa shape index (κ3) is 3.13. The molecule has 1 fully saturated rings. The van der Waals surface area contributed by atoms with Crippen molar-refractivity contribution in [3.63, 3.8) is 0 Å². The number of ether oxygens (including phenoxy) is 2. The molecule has 0 spiro atoms. The van der Waals surface area contributed by atoms with Crippen molar-refractivity contribution in [3.05, 3.63) is 59.7 Å². The second kappa shape index (κ2) is 6.97. The maximum absolute atomic E-state index is 12.7. The molecule has 2 aromatic carbocycles. The Hall–Kier alpha value is -2.57. The van der Waals surface area contributed by atoms with Gasteiger partial charge in [-0.05, 0) is 30.2 Å². The second-order valence-corrected chi connectivity index (χ2v) is 6.67. The number of hydrogen-bond acceptors (Lipinski definition) is 5. The predicted molar refractivity (Wildman–Crippen MR) is 94.5 cm³/mol. The summed E-state index contributed by atoms with van der Waals surface area (Å²) < 4.78 is 11.0. The Balaban J connectivity index is 1.55. The van der Waals surface area contributed by atoms with Gasteiger partial charge in [0.1, 0.15) is 19.3 Å². The highest BCUT2D eigenvalue weighted by molar-refractivity contribution is 5.95. The Morgan fingerprint density at radius 1 is 1.00 bits per heavy atom. The molecule has 1 aliphatic heterocycles. The number of nitrogens with one attached hydrogen (secondary N) is 1. The lowest BCUT2D eigenvalue weighted by atomic mass is 9.93. The van der Waals surface area contributed by atoms with Crippen molar-refractivity contribution in [2.75, 3.05) is 13.2 Å². The first kappa shape index (κ1) is 16.9. The smallest absolute Gasteiger partial charge is 0.251 e. The van der Waals surface area contributed by atoms with Crippen LogP contribution in [0.25, 0.3) is 0 Å². The van der Waals surface area contributed by atoms with E-state index in [1.54, 1.807) is 18.2 Å². The van der Waals surface area contributed by atoms with E-state index in [1.807, 2.05) is 30.3 Å². The van der Waals surface area contributed by atoms with Gasteiger partial charge in [0.25, 0.3) is 5.91 Å². The molecule has 0 saturated heterocycles. The molecule has 1 amide bonds. The van der Waals surface area contributed by atoms with Gasteiger partial charge < -0.3 is 25.0 Å². The summed E-state index contributed by atoms with van der Waals surface area (Å²) in [5.41, 5.74) is 1.41. The molecule has 1 heterocycles. The maximum atomic E-state index is 12.7. The molecule has 1 aliphatic carbocycles. The van der Waals surface area contributed by atoms with E-state index in [4.69, 9.17) is 9.47 Å². The fourth-order valence-corrected chi connectivity index (χ4v) is 3.67. The number of fused-ring (bicyclic) bond motifs is 1. The highest BCUT2D eigenvalue weighted by atomic mass is 16.6. The normalized spacial score (nSPS) is 27.2. The lowest BCUT2D eigenvalue weighted by Crippen LogP contribution is -2.45. The Morgan fingerprint density at radius 2 is 1.73 bits per heavy atom.